The van der Waals surface area contributed by atoms with Gasteiger partial charge in [-0.15, -0.1) is 0 Å². The van der Waals surface area contributed by atoms with E-state index in [-0.39, 0.29) is 11.3 Å². The first kappa shape index (κ1) is 19.3. The molecule has 0 aliphatic carbocycles. The first-order valence-corrected chi connectivity index (χ1v) is 9.61. The highest BCUT2D eigenvalue weighted by atomic mass is 127. The summed E-state index contributed by atoms with van der Waals surface area (Å²) in [6.07, 6.45) is 0. The second kappa shape index (κ2) is 7.64. The second-order valence-electron chi connectivity index (χ2n) is 5.56. The van der Waals surface area contributed by atoms with Crippen LogP contribution in [0.1, 0.15) is 16.4 Å². The molecule has 2 aromatic rings. The number of nitrogens with one attached hydrogen (secondary N) is 1. The van der Waals surface area contributed by atoms with Gasteiger partial charge in [-0.2, -0.15) is 0 Å². The van der Waals surface area contributed by atoms with Crippen LogP contribution in [0.4, 0.5) is 11.4 Å². The maximum absolute atomic E-state index is 13.1. The van der Waals surface area contributed by atoms with Gasteiger partial charge in [0.1, 0.15) is 5.25 Å². The molecule has 1 unspecified atom stereocenters. The summed E-state index contributed by atoms with van der Waals surface area (Å²) in [6.45, 7) is 0. The van der Waals surface area contributed by atoms with Crippen molar-refractivity contribution < 1.29 is 14.6 Å². The average molecular weight is 497 g/mol. The normalized spacial score (nSPS) is 16.5. The molecule has 0 aromatic heterocycles. The van der Waals surface area contributed by atoms with Crippen molar-refractivity contribution in [3.8, 4) is 0 Å². The lowest BCUT2D eigenvalue weighted by atomic mass is 9.96. The van der Waals surface area contributed by atoms with Gasteiger partial charge in [0.05, 0.1) is 26.0 Å². The Morgan fingerprint density at radius 1 is 1.11 bits per heavy atom. The number of halogens is 1. The number of Topliss-reactive ketones (excluding diaryl/α,β-unsaturated/α-hetero) is 1. The van der Waals surface area contributed by atoms with E-state index in [4.69, 9.17) is 0 Å². The van der Waals surface area contributed by atoms with Gasteiger partial charge < -0.3 is 5.32 Å². The SMILES string of the molecule is CNC1=C(c2cccc(I)c2)C(=O)C(c2cccc([N+](=O)[O-])c2[N+](=O)[O-])S1. The third-order valence-electron chi connectivity index (χ3n) is 4.00. The maximum Gasteiger partial charge on any atom is 0.350 e. The molecule has 2 aromatic carbocycles. The van der Waals surface area contributed by atoms with Crippen LogP contribution in [0.5, 0.6) is 0 Å². The zero-order valence-electron chi connectivity index (χ0n) is 13.8. The van der Waals surface area contributed by atoms with E-state index in [9.17, 15) is 25.0 Å². The molecule has 0 spiro atoms. The van der Waals surface area contributed by atoms with E-state index in [0.29, 0.717) is 16.2 Å². The topological polar surface area (TPSA) is 115 Å². The number of hydrogen-bond acceptors (Lipinski definition) is 7. The summed E-state index contributed by atoms with van der Waals surface area (Å²) in [5, 5.41) is 25.3. The van der Waals surface area contributed by atoms with Crippen molar-refractivity contribution in [2.75, 3.05) is 7.05 Å². The van der Waals surface area contributed by atoms with Crippen molar-refractivity contribution in [1.82, 2.24) is 5.32 Å². The quantitative estimate of drug-likeness (QED) is 0.377. The fraction of sp³-hybridized carbons (Fsp3) is 0.118. The van der Waals surface area contributed by atoms with Gasteiger partial charge in [-0.3, -0.25) is 25.0 Å². The Morgan fingerprint density at radius 2 is 1.81 bits per heavy atom. The van der Waals surface area contributed by atoms with Gasteiger partial charge in [0.2, 0.25) is 0 Å². The molecule has 1 atom stereocenters. The third kappa shape index (κ3) is 3.54. The first-order valence-electron chi connectivity index (χ1n) is 7.65. The fourth-order valence-electron chi connectivity index (χ4n) is 2.89. The summed E-state index contributed by atoms with van der Waals surface area (Å²) in [5.74, 6) is -0.324. The maximum atomic E-state index is 13.1. The molecule has 3 rings (SSSR count). The van der Waals surface area contributed by atoms with E-state index in [2.05, 4.69) is 27.9 Å². The van der Waals surface area contributed by atoms with E-state index in [1.54, 1.807) is 13.1 Å². The van der Waals surface area contributed by atoms with Crippen LogP contribution in [-0.4, -0.2) is 22.7 Å². The molecular weight excluding hydrogens is 485 g/mol. The van der Waals surface area contributed by atoms with Crippen molar-refractivity contribution in [3.63, 3.8) is 0 Å². The van der Waals surface area contributed by atoms with Crippen molar-refractivity contribution in [2.45, 2.75) is 5.25 Å². The van der Waals surface area contributed by atoms with Gasteiger partial charge in [-0.05, 0) is 40.3 Å². The Bertz CT molecular complexity index is 1010. The predicted molar refractivity (Wildman–Crippen MR) is 110 cm³/mol. The molecule has 1 aliphatic rings. The van der Waals surface area contributed by atoms with Crippen molar-refractivity contribution in [2.24, 2.45) is 0 Å². The van der Waals surface area contributed by atoms with Crippen molar-refractivity contribution >= 4 is 57.1 Å². The van der Waals surface area contributed by atoms with Gasteiger partial charge in [0.15, 0.2) is 5.78 Å². The van der Waals surface area contributed by atoms with Crippen molar-refractivity contribution in [1.29, 1.82) is 0 Å². The molecular formula is C17H12IN3O5S. The number of nitro groups is 2. The largest absolute Gasteiger partial charge is 0.382 e. The Hall–Kier alpha value is -2.47. The number of ketones is 1. The summed E-state index contributed by atoms with van der Waals surface area (Å²) in [7, 11) is 1.66. The van der Waals surface area contributed by atoms with Crippen LogP contribution >= 0.6 is 34.4 Å². The average Bonchev–Trinajstić information content (AvgIpc) is 2.97. The number of hydrogen-bond donors (Lipinski definition) is 1. The van der Waals surface area contributed by atoms with E-state index >= 15 is 0 Å². The highest BCUT2D eigenvalue weighted by Gasteiger charge is 2.41. The van der Waals surface area contributed by atoms with Crippen molar-refractivity contribution in [3.05, 3.63) is 82.4 Å². The van der Waals surface area contributed by atoms with E-state index < -0.39 is 26.5 Å². The molecule has 1 heterocycles. The number of carbonyl (C=O) groups is 1. The minimum Gasteiger partial charge on any atom is -0.382 e. The summed E-state index contributed by atoms with van der Waals surface area (Å²) < 4.78 is 0.940. The number of allylic oxidation sites excluding steroid dienone is 1. The molecule has 138 valence electrons. The minimum atomic E-state index is -0.930. The number of nitro benzene ring substituents is 2. The molecule has 0 saturated carbocycles. The van der Waals surface area contributed by atoms with Crippen LogP contribution in [-0.2, 0) is 4.79 Å². The van der Waals surface area contributed by atoms with Gasteiger partial charge in [-0.1, -0.05) is 36.0 Å². The number of benzene rings is 2. The molecule has 0 bridgehead atoms. The first-order chi connectivity index (χ1) is 12.8. The Balaban J connectivity index is 2.12. The molecule has 0 fully saturated rings. The Labute approximate surface area is 171 Å². The van der Waals surface area contributed by atoms with Gasteiger partial charge in [-0.25, -0.2) is 0 Å². The summed E-state index contributed by atoms with van der Waals surface area (Å²) in [6, 6.07) is 11.2. The lowest BCUT2D eigenvalue weighted by Crippen LogP contribution is -2.10. The minimum absolute atomic E-state index is 0.0255. The molecule has 0 saturated heterocycles. The lowest BCUT2D eigenvalue weighted by Gasteiger charge is -2.10. The summed E-state index contributed by atoms with van der Waals surface area (Å²) in [4.78, 5) is 34.2. The fourth-order valence-corrected chi connectivity index (χ4v) is 4.66. The van der Waals surface area contributed by atoms with Crippen LogP contribution in [0.15, 0.2) is 47.5 Å². The highest BCUT2D eigenvalue weighted by molar-refractivity contribution is 14.1. The monoisotopic (exact) mass is 497 g/mol. The number of rotatable bonds is 5. The van der Waals surface area contributed by atoms with E-state index in [0.717, 1.165) is 21.4 Å². The lowest BCUT2D eigenvalue weighted by molar-refractivity contribution is -0.422. The van der Waals surface area contributed by atoms with Crippen LogP contribution < -0.4 is 5.32 Å². The Kier molecular flexibility index (Phi) is 5.46. The van der Waals surface area contributed by atoms with Crippen LogP contribution in [0.25, 0.3) is 5.57 Å². The summed E-state index contributed by atoms with van der Waals surface area (Å²) >= 11 is 3.26. The molecule has 8 nitrogen and oxygen atoms in total. The predicted octanol–water partition coefficient (Wildman–Crippen LogP) is 4.05. The molecule has 1 N–H and O–H groups in total. The van der Waals surface area contributed by atoms with E-state index in [1.807, 2.05) is 18.2 Å². The second-order valence-corrected chi connectivity index (χ2v) is 7.92. The molecule has 10 heteroatoms. The third-order valence-corrected chi connectivity index (χ3v) is 6.01. The zero-order valence-corrected chi connectivity index (χ0v) is 16.8. The standard InChI is InChI=1S/C17H12IN3O5S/c1-19-17-13(9-4-2-5-10(18)8-9)15(22)16(27-17)11-6-3-7-12(20(23)24)14(11)21(25)26/h2-8,16,19H,1H3. The van der Waals surface area contributed by atoms with Crippen LogP contribution in [0.3, 0.4) is 0 Å². The molecule has 0 amide bonds. The number of carbonyl (C=O) groups excluding carboxylic acids is 1. The molecule has 1 aliphatic heterocycles. The highest BCUT2D eigenvalue weighted by Crippen LogP contribution is 2.50. The van der Waals surface area contributed by atoms with Gasteiger partial charge >= 0.3 is 11.4 Å². The van der Waals surface area contributed by atoms with E-state index in [1.165, 1.54) is 12.1 Å². The number of nitrogens with zero attached hydrogens (tertiary/aromatic N) is 2. The van der Waals surface area contributed by atoms with Crippen LogP contribution in [0, 0.1) is 23.8 Å². The molecule has 27 heavy (non-hydrogen) atoms. The smallest absolute Gasteiger partial charge is 0.350 e. The summed E-state index contributed by atoms with van der Waals surface area (Å²) in [5.41, 5.74) is -0.129. The number of thioether (sulfide) groups is 1. The molecule has 0 radical (unpaired) electrons. The Morgan fingerprint density at radius 3 is 2.41 bits per heavy atom. The zero-order chi connectivity index (χ0) is 19.7. The van der Waals surface area contributed by atoms with Gasteiger partial charge in [0.25, 0.3) is 0 Å². The number of para-hydroxylation sites is 1. The van der Waals surface area contributed by atoms with Gasteiger partial charge in [0, 0.05) is 16.7 Å². The van der Waals surface area contributed by atoms with Crippen LogP contribution in [0.2, 0.25) is 0 Å².